The summed E-state index contributed by atoms with van der Waals surface area (Å²) in [4.78, 5) is 4.43. The molecular formula is C26H43NO2. The van der Waals surface area contributed by atoms with E-state index in [1.54, 1.807) is 19.4 Å². The fourth-order valence-electron chi connectivity index (χ4n) is 3.42. The Kier molecular flexibility index (Phi) is 15.9. The highest BCUT2D eigenvalue weighted by atomic mass is 16.5. The van der Waals surface area contributed by atoms with Gasteiger partial charge in [-0.2, -0.15) is 0 Å². The van der Waals surface area contributed by atoms with Crippen LogP contribution >= 0.6 is 0 Å². The quantitative estimate of drug-likeness (QED) is 0.154. The third-order valence-electron chi connectivity index (χ3n) is 5.28. The molecule has 0 radical (unpaired) electrons. The van der Waals surface area contributed by atoms with Gasteiger partial charge in [0.1, 0.15) is 0 Å². The minimum absolute atomic E-state index is 0.166. The monoisotopic (exact) mass is 401 g/mol. The van der Waals surface area contributed by atoms with Crippen LogP contribution in [0.5, 0.6) is 11.5 Å². The molecular weight excluding hydrogens is 358 g/mol. The highest BCUT2D eigenvalue weighted by Crippen LogP contribution is 2.28. The van der Waals surface area contributed by atoms with Crippen LogP contribution in [0.4, 0.5) is 0 Å². The molecule has 0 unspecified atom stereocenters. The molecule has 0 spiro atoms. The maximum absolute atomic E-state index is 10.0. The van der Waals surface area contributed by atoms with Crippen LogP contribution in [-0.2, 0) is 0 Å². The number of aromatic hydroxyl groups is 1. The van der Waals surface area contributed by atoms with E-state index in [1.807, 2.05) is 12.1 Å². The summed E-state index contributed by atoms with van der Waals surface area (Å²) in [5.74, 6) is 0.658. The summed E-state index contributed by atoms with van der Waals surface area (Å²) in [6.45, 7) is 3.09. The summed E-state index contributed by atoms with van der Waals surface area (Å²) in [6, 6.07) is 5.46. The summed E-state index contributed by atoms with van der Waals surface area (Å²) < 4.78 is 5.11. The van der Waals surface area contributed by atoms with Crippen molar-refractivity contribution in [2.75, 3.05) is 13.7 Å². The first-order valence-electron chi connectivity index (χ1n) is 11.8. The number of ether oxygens (including phenoxy) is 1. The molecule has 0 atom stereocenters. The first kappa shape index (κ1) is 25.3. The van der Waals surface area contributed by atoms with E-state index in [0.717, 1.165) is 13.0 Å². The number of phenols is 1. The molecule has 0 aromatic heterocycles. The van der Waals surface area contributed by atoms with Crippen LogP contribution in [0.2, 0.25) is 0 Å². The topological polar surface area (TPSA) is 41.8 Å². The van der Waals surface area contributed by atoms with E-state index in [0.29, 0.717) is 11.3 Å². The normalized spacial score (nSPS) is 11.7. The van der Waals surface area contributed by atoms with E-state index in [9.17, 15) is 5.11 Å². The number of unbranched alkanes of at least 4 members (excludes halogenated alkanes) is 12. The summed E-state index contributed by atoms with van der Waals surface area (Å²) in [6.07, 6.45) is 25.0. The van der Waals surface area contributed by atoms with Crippen molar-refractivity contribution in [3.63, 3.8) is 0 Å². The van der Waals surface area contributed by atoms with Crippen LogP contribution in [0.25, 0.3) is 0 Å². The first-order valence-corrected chi connectivity index (χ1v) is 11.8. The number of methoxy groups -OCH3 is 1. The largest absolute Gasteiger partial charge is 0.504 e. The average molecular weight is 402 g/mol. The maximum atomic E-state index is 10.0. The molecule has 0 aliphatic heterocycles. The van der Waals surface area contributed by atoms with E-state index in [4.69, 9.17) is 4.74 Å². The number of allylic oxidation sites excluding steroid dienone is 2. The van der Waals surface area contributed by atoms with Crippen LogP contribution < -0.4 is 4.74 Å². The molecule has 1 rings (SSSR count). The van der Waals surface area contributed by atoms with Gasteiger partial charge in [0.25, 0.3) is 0 Å². The summed E-state index contributed by atoms with van der Waals surface area (Å²) in [5.41, 5.74) is 0.717. The van der Waals surface area contributed by atoms with E-state index >= 15 is 0 Å². The molecule has 0 fully saturated rings. The van der Waals surface area contributed by atoms with Gasteiger partial charge >= 0.3 is 0 Å². The van der Waals surface area contributed by atoms with Crippen molar-refractivity contribution >= 4 is 6.21 Å². The summed E-state index contributed by atoms with van der Waals surface area (Å²) in [5, 5.41) is 10.0. The SMILES string of the molecule is CCCCCCCC/C=C\CCCCCCCCN=Cc1cccc(OC)c1O. The van der Waals surface area contributed by atoms with Crippen molar-refractivity contribution < 1.29 is 9.84 Å². The second kappa shape index (κ2) is 18.3. The fourth-order valence-corrected chi connectivity index (χ4v) is 3.42. The third-order valence-corrected chi connectivity index (χ3v) is 5.28. The Morgan fingerprint density at radius 1 is 0.828 bits per heavy atom. The lowest BCUT2D eigenvalue weighted by atomic mass is 10.1. The zero-order valence-electron chi connectivity index (χ0n) is 18.9. The van der Waals surface area contributed by atoms with Crippen molar-refractivity contribution in [3.05, 3.63) is 35.9 Å². The van der Waals surface area contributed by atoms with Crippen LogP contribution in [0.15, 0.2) is 35.3 Å². The van der Waals surface area contributed by atoms with Gasteiger partial charge in [-0.15, -0.1) is 0 Å². The lowest BCUT2D eigenvalue weighted by Crippen LogP contribution is -1.90. The Morgan fingerprint density at radius 3 is 2.03 bits per heavy atom. The summed E-state index contributed by atoms with van der Waals surface area (Å²) in [7, 11) is 1.56. The molecule has 164 valence electrons. The first-order chi connectivity index (χ1) is 14.3. The molecule has 3 heteroatoms. The maximum Gasteiger partial charge on any atom is 0.166 e. The number of hydrogen-bond acceptors (Lipinski definition) is 3. The lowest BCUT2D eigenvalue weighted by molar-refractivity contribution is 0.373. The van der Waals surface area contributed by atoms with Gasteiger partial charge in [0.2, 0.25) is 0 Å². The van der Waals surface area contributed by atoms with E-state index in [1.165, 1.54) is 83.5 Å². The predicted octanol–water partition coefficient (Wildman–Crippen LogP) is 7.86. The number of rotatable bonds is 18. The van der Waals surface area contributed by atoms with E-state index < -0.39 is 0 Å². The minimum Gasteiger partial charge on any atom is -0.504 e. The lowest BCUT2D eigenvalue weighted by Gasteiger charge is -2.04. The van der Waals surface area contributed by atoms with Gasteiger partial charge in [-0.25, -0.2) is 0 Å². The van der Waals surface area contributed by atoms with Crippen molar-refractivity contribution in [3.8, 4) is 11.5 Å². The van der Waals surface area contributed by atoms with Crippen LogP contribution in [0.3, 0.4) is 0 Å². The molecule has 1 N–H and O–H groups in total. The van der Waals surface area contributed by atoms with Crippen molar-refractivity contribution in [2.24, 2.45) is 4.99 Å². The molecule has 0 bridgehead atoms. The highest BCUT2D eigenvalue weighted by molar-refractivity contribution is 5.84. The second-order valence-electron chi connectivity index (χ2n) is 7.87. The molecule has 0 amide bonds. The number of para-hydroxylation sites is 1. The van der Waals surface area contributed by atoms with Crippen molar-refractivity contribution in [1.29, 1.82) is 0 Å². The molecule has 0 saturated carbocycles. The summed E-state index contributed by atoms with van der Waals surface area (Å²) >= 11 is 0. The standard InChI is InChI=1S/C26H43NO2/c1-3-4-5-6-7-8-9-10-11-12-13-14-15-16-17-18-22-27-23-24-20-19-21-25(29-2)26(24)28/h10-11,19-21,23,28H,3-9,12-18,22H2,1-2H3/b11-10-,27-23?. The predicted molar refractivity (Wildman–Crippen MR) is 127 cm³/mol. The Bertz CT molecular complexity index is 566. The van der Waals surface area contributed by atoms with Crippen molar-refractivity contribution in [1.82, 2.24) is 0 Å². The molecule has 0 saturated heterocycles. The Balaban J connectivity index is 1.91. The number of benzene rings is 1. The van der Waals surface area contributed by atoms with Gasteiger partial charge in [-0.3, -0.25) is 4.99 Å². The zero-order chi connectivity index (χ0) is 21.0. The fraction of sp³-hybridized carbons (Fsp3) is 0.654. The number of nitrogens with zero attached hydrogens (tertiary/aromatic N) is 1. The number of aliphatic imine (C=N–C) groups is 1. The zero-order valence-corrected chi connectivity index (χ0v) is 18.9. The van der Waals surface area contributed by atoms with Gasteiger partial charge < -0.3 is 9.84 Å². The smallest absolute Gasteiger partial charge is 0.166 e. The van der Waals surface area contributed by atoms with Gasteiger partial charge in [-0.1, -0.05) is 82.9 Å². The van der Waals surface area contributed by atoms with Gasteiger partial charge in [0.05, 0.1) is 7.11 Å². The molecule has 1 aromatic carbocycles. The molecule has 0 aliphatic carbocycles. The highest BCUT2D eigenvalue weighted by Gasteiger charge is 2.04. The van der Waals surface area contributed by atoms with E-state index in [2.05, 4.69) is 24.1 Å². The molecule has 3 nitrogen and oxygen atoms in total. The van der Waals surface area contributed by atoms with Crippen LogP contribution in [0, 0.1) is 0 Å². The molecule has 1 aromatic rings. The molecule has 0 aliphatic rings. The Morgan fingerprint density at radius 2 is 1.41 bits per heavy atom. The average Bonchev–Trinajstić information content (AvgIpc) is 2.74. The van der Waals surface area contributed by atoms with Crippen LogP contribution in [0.1, 0.15) is 102 Å². The van der Waals surface area contributed by atoms with Gasteiger partial charge in [0.15, 0.2) is 11.5 Å². The Hall–Kier alpha value is -1.77. The van der Waals surface area contributed by atoms with Crippen molar-refractivity contribution in [2.45, 2.75) is 96.8 Å². The Labute approximate surface area is 179 Å². The number of phenolic OH excluding ortho intramolecular Hbond substituents is 1. The van der Waals surface area contributed by atoms with Crippen LogP contribution in [-0.4, -0.2) is 25.0 Å². The van der Waals surface area contributed by atoms with E-state index in [-0.39, 0.29) is 5.75 Å². The van der Waals surface area contributed by atoms with Gasteiger partial charge in [-0.05, 0) is 44.2 Å². The second-order valence-corrected chi connectivity index (χ2v) is 7.87. The third kappa shape index (κ3) is 13.1. The minimum atomic E-state index is 0.166. The van der Waals surface area contributed by atoms with Gasteiger partial charge in [0, 0.05) is 18.3 Å². The molecule has 0 heterocycles. The number of hydrogen-bond donors (Lipinski definition) is 1. The molecule has 29 heavy (non-hydrogen) atoms.